The first-order valence-corrected chi connectivity index (χ1v) is 8.46. The molecule has 2 heterocycles. The van der Waals surface area contributed by atoms with E-state index in [1.54, 1.807) is 0 Å². The first kappa shape index (κ1) is 18.6. The average molecular weight is 370 g/mol. The van der Waals surface area contributed by atoms with Crippen molar-refractivity contribution in [3.05, 3.63) is 30.0 Å². The van der Waals surface area contributed by atoms with Crippen molar-refractivity contribution in [2.75, 3.05) is 13.1 Å². The summed E-state index contributed by atoms with van der Waals surface area (Å²) in [6.45, 7) is 1.83. The Labute approximate surface area is 154 Å². The highest BCUT2D eigenvalue weighted by Gasteiger charge is 2.38. The predicted molar refractivity (Wildman–Crippen MR) is 105 cm³/mol. The molecule has 2 aromatic rings. The number of carbonyl (C=O) groups is 1. The highest BCUT2D eigenvalue weighted by atomic mass is 32.1. The minimum atomic E-state index is -0.0457. The molecule has 1 aromatic heterocycles. The number of carbonyl (C=O) groups excluding carboxylic acids is 1. The largest absolute Gasteiger partial charge is 0.349 e. The van der Waals surface area contributed by atoms with Gasteiger partial charge in [0, 0.05) is 18.0 Å². The number of fused-ring (bicyclic) bond motifs is 2. The highest BCUT2D eigenvalue weighted by Crippen LogP contribution is 2.37. The average Bonchev–Trinajstić information content (AvgIpc) is 3.20. The molecule has 3 atom stereocenters. The molecule has 1 amide bonds. The van der Waals surface area contributed by atoms with Crippen LogP contribution in [0.15, 0.2) is 24.3 Å². The number of amides is 1. The molecule has 1 aliphatic heterocycles. The van der Waals surface area contributed by atoms with Gasteiger partial charge in [0.2, 0.25) is 0 Å². The van der Waals surface area contributed by atoms with Gasteiger partial charge in [-0.2, -0.15) is 31.4 Å². The summed E-state index contributed by atoms with van der Waals surface area (Å²) in [6, 6.07) is 8.34. The summed E-state index contributed by atoms with van der Waals surface area (Å²) >= 11 is 1.39. The Bertz CT molecular complexity index is 675. The van der Waals surface area contributed by atoms with Crippen LogP contribution in [0, 0.1) is 11.8 Å². The van der Waals surface area contributed by atoms with Crippen molar-refractivity contribution in [1.29, 1.82) is 0 Å². The summed E-state index contributed by atoms with van der Waals surface area (Å²) in [7, 11) is 0. The lowest BCUT2D eigenvalue weighted by Crippen LogP contribution is -2.40. The fraction of sp³-hybridized carbons (Fsp3) is 0.500. The van der Waals surface area contributed by atoms with Crippen LogP contribution in [0.3, 0.4) is 0 Å². The van der Waals surface area contributed by atoms with E-state index in [1.807, 2.05) is 24.3 Å². The second kappa shape index (κ2) is 7.88. The highest BCUT2D eigenvalue weighted by molar-refractivity contribution is 7.59. The van der Waals surface area contributed by atoms with E-state index in [-0.39, 0.29) is 32.9 Å². The van der Waals surface area contributed by atoms with Gasteiger partial charge in [-0.15, -0.1) is 0 Å². The van der Waals surface area contributed by atoms with Crippen LogP contribution in [-0.4, -0.2) is 29.4 Å². The fourth-order valence-electron chi connectivity index (χ4n) is 3.86. The van der Waals surface area contributed by atoms with Gasteiger partial charge in [-0.1, -0.05) is 24.6 Å². The molecule has 126 valence electrons. The summed E-state index contributed by atoms with van der Waals surface area (Å²) in [5, 5.41) is 7.60. The molecule has 1 saturated carbocycles. The van der Waals surface area contributed by atoms with Gasteiger partial charge in [-0.05, 0) is 48.8 Å². The topological polar surface area (TPSA) is 54.0 Å². The van der Waals surface area contributed by atoms with Crippen LogP contribution in [-0.2, 0) is 0 Å². The normalized spacial score (nSPS) is 25.5. The van der Waals surface area contributed by atoms with E-state index in [2.05, 4.69) is 15.0 Å². The van der Waals surface area contributed by atoms with E-state index in [4.69, 9.17) is 0 Å². The van der Waals surface area contributed by atoms with E-state index in [1.165, 1.54) is 30.8 Å². The van der Waals surface area contributed by atoms with Gasteiger partial charge in [0.25, 0.3) is 5.91 Å². The molecular formula is C16H23N3OS3. The number of hydrogen-bond acceptors (Lipinski definition) is 4. The van der Waals surface area contributed by atoms with Crippen molar-refractivity contribution in [3.8, 4) is 0 Å². The maximum Gasteiger partial charge on any atom is 0.271 e. The van der Waals surface area contributed by atoms with Gasteiger partial charge in [0.1, 0.15) is 5.69 Å². The third-order valence-corrected chi connectivity index (χ3v) is 5.78. The molecule has 7 heteroatoms. The lowest BCUT2D eigenvalue weighted by molar-refractivity contribution is 0.0945. The smallest absolute Gasteiger partial charge is 0.271 e. The summed E-state index contributed by atoms with van der Waals surface area (Å²) in [6.07, 6.45) is 3.99. The van der Waals surface area contributed by atoms with Crippen LogP contribution < -0.4 is 10.6 Å². The van der Waals surface area contributed by atoms with Crippen LogP contribution in [0.1, 0.15) is 29.8 Å². The van der Waals surface area contributed by atoms with Gasteiger partial charge in [-0.25, -0.2) is 0 Å². The Morgan fingerprint density at radius 2 is 2.13 bits per heavy atom. The number of rotatable bonds is 3. The zero-order valence-corrected chi connectivity index (χ0v) is 15.7. The van der Waals surface area contributed by atoms with Gasteiger partial charge >= 0.3 is 0 Å². The Morgan fingerprint density at radius 1 is 1.30 bits per heavy atom. The van der Waals surface area contributed by atoms with Crippen molar-refractivity contribution in [1.82, 2.24) is 15.0 Å². The van der Waals surface area contributed by atoms with E-state index in [0.29, 0.717) is 18.3 Å². The number of hydrogen-bond donors (Lipinski definition) is 2. The van der Waals surface area contributed by atoms with Crippen molar-refractivity contribution in [2.24, 2.45) is 11.8 Å². The van der Waals surface area contributed by atoms with Crippen LogP contribution in [0.2, 0.25) is 0 Å². The van der Waals surface area contributed by atoms with E-state index in [0.717, 1.165) is 28.5 Å². The van der Waals surface area contributed by atoms with E-state index in [9.17, 15) is 4.79 Å². The van der Waals surface area contributed by atoms with Gasteiger partial charge < -0.3 is 10.6 Å². The maximum atomic E-state index is 12.4. The number of nitrogens with zero attached hydrogens (tertiary/aromatic N) is 1. The molecule has 4 nitrogen and oxygen atoms in total. The minimum Gasteiger partial charge on any atom is -0.349 e. The number of benzene rings is 1. The molecule has 2 aliphatic rings. The third kappa shape index (κ3) is 3.52. The van der Waals surface area contributed by atoms with Gasteiger partial charge in [-0.3, -0.25) is 4.79 Å². The molecular weight excluding hydrogens is 346 g/mol. The van der Waals surface area contributed by atoms with Crippen molar-refractivity contribution < 1.29 is 4.79 Å². The summed E-state index contributed by atoms with van der Waals surface area (Å²) in [5.74, 6) is 1.53. The molecule has 2 fully saturated rings. The molecule has 23 heavy (non-hydrogen) atoms. The summed E-state index contributed by atoms with van der Waals surface area (Å²) < 4.78 is 5.38. The first-order chi connectivity index (χ1) is 10.3. The van der Waals surface area contributed by atoms with Crippen molar-refractivity contribution in [2.45, 2.75) is 25.3 Å². The number of nitrogens with one attached hydrogen (secondary N) is 2. The molecule has 1 aromatic carbocycles. The Kier molecular flexibility index (Phi) is 6.36. The van der Waals surface area contributed by atoms with Crippen LogP contribution in [0.4, 0.5) is 0 Å². The molecule has 1 saturated heterocycles. The SMILES string of the molecule is O=C(NC[C@H]1NC[C@@H]2CCC[C@@H]21)c1nsc2ccccc12.S.S. The lowest BCUT2D eigenvalue weighted by Gasteiger charge is -2.18. The Hall–Kier alpha value is -0.760. The summed E-state index contributed by atoms with van der Waals surface area (Å²) in [4.78, 5) is 12.4. The van der Waals surface area contributed by atoms with E-state index >= 15 is 0 Å². The number of aromatic nitrogens is 1. The van der Waals surface area contributed by atoms with Crippen molar-refractivity contribution in [3.63, 3.8) is 0 Å². The monoisotopic (exact) mass is 369 g/mol. The quantitative estimate of drug-likeness (QED) is 0.874. The van der Waals surface area contributed by atoms with Gasteiger partial charge in [0.05, 0.1) is 4.70 Å². The fourth-order valence-corrected chi connectivity index (χ4v) is 4.64. The molecule has 0 unspecified atom stereocenters. The first-order valence-electron chi connectivity index (χ1n) is 7.69. The van der Waals surface area contributed by atoms with Crippen LogP contribution >= 0.6 is 38.5 Å². The van der Waals surface area contributed by atoms with Crippen LogP contribution in [0.5, 0.6) is 0 Å². The predicted octanol–water partition coefficient (Wildman–Crippen LogP) is 2.64. The second-order valence-electron chi connectivity index (χ2n) is 6.11. The molecule has 0 spiro atoms. The zero-order chi connectivity index (χ0) is 14.2. The van der Waals surface area contributed by atoms with Crippen molar-refractivity contribution >= 4 is 54.5 Å². The van der Waals surface area contributed by atoms with Gasteiger partial charge in [0.15, 0.2) is 0 Å². The third-order valence-electron chi connectivity index (χ3n) is 4.95. The zero-order valence-electron chi connectivity index (χ0n) is 12.8. The molecule has 2 N–H and O–H groups in total. The Morgan fingerprint density at radius 3 is 3.00 bits per heavy atom. The van der Waals surface area contributed by atoms with Crippen LogP contribution in [0.25, 0.3) is 10.1 Å². The molecule has 0 radical (unpaired) electrons. The Balaban J connectivity index is 0.000000960. The minimum absolute atomic E-state index is 0. The summed E-state index contributed by atoms with van der Waals surface area (Å²) in [5.41, 5.74) is 0.566. The lowest BCUT2D eigenvalue weighted by atomic mass is 9.94. The standard InChI is InChI=1S/C16H19N3OS.2H2S/c20-16(15-12-5-1-2-7-14(12)21-19-15)18-9-13-11-6-3-4-10(11)8-17-13;;/h1-2,5,7,10-11,13,17H,3-4,6,8-9H2,(H,18,20);2*1H2/t10-,11-,13+;;/m0../s1. The molecule has 0 bridgehead atoms. The maximum absolute atomic E-state index is 12.4. The van der Waals surface area contributed by atoms with E-state index < -0.39 is 0 Å². The second-order valence-corrected chi connectivity index (χ2v) is 6.91. The molecule has 4 rings (SSSR count). The molecule has 1 aliphatic carbocycles.